The summed E-state index contributed by atoms with van der Waals surface area (Å²) in [5.74, 6) is 0.318. The normalized spacial score (nSPS) is 13.3. The standard InChI is InChI=1S/C14H13BrN2O4/c1-7-8(11-6-10(14(18)19)16-17(11)2)5-9(15)13-12(7)20-3-4-21-13/h5-6H,3-4H2,1-2H3,(H,18,19). The van der Waals surface area contributed by atoms with E-state index >= 15 is 0 Å². The number of carbonyl (C=O) groups is 1. The fraction of sp³-hybridized carbons (Fsp3) is 0.286. The predicted molar refractivity (Wildman–Crippen MR) is 79.0 cm³/mol. The van der Waals surface area contributed by atoms with Gasteiger partial charge in [-0.1, -0.05) is 0 Å². The van der Waals surface area contributed by atoms with Crippen molar-refractivity contribution >= 4 is 21.9 Å². The van der Waals surface area contributed by atoms with Gasteiger partial charge in [0.1, 0.15) is 13.2 Å². The van der Waals surface area contributed by atoms with Crippen LogP contribution in [-0.4, -0.2) is 34.1 Å². The Bertz CT molecular complexity index is 739. The van der Waals surface area contributed by atoms with Crippen LogP contribution in [0.4, 0.5) is 0 Å². The van der Waals surface area contributed by atoms with Gasteiger partial charge in [-0.3, -0.25) is 4.68 Å². The van der Waals surface area contributed by atoms with Gasteiger partial charge in [-0.05, 0) is 35.0 Å². The van der Waals surface area contributed by atoms with Crippen LogP contribution in [0.2, 0.25) is 0 Å². The highest BCUT2D eigenvalue weighted by atomic mass is 79.9. The molecule has 1 N–H and O–H groups in total. The van der Waals surface area contributed by atoms with Gasteiger partial charge in [0.25, 0.3) is 0 Å². The Morgan fingerprint density at radius 3 is 2.62 bits per heavy atom. The molecule has 1 aliphatic rings. The highest BCUT2D eigenvalue weighted by Gasteiger charge is 2.23. The Hall–Kier alpha value is -2.02. The van der Waals surface area contributed by atoms with Gasteiger partial charge in [-0.15, -0.1) is 0 Å². The molecule has 0 fully saturated rings. The van der Waals surface area contributed by atoms with E-state index in [0.717, 1.165) is 15.6 Å². The van der Waals surface area contributed by atoms with E-state index in [4.69, 9.17) is 14.6 Å². The molecule has 3 rings (SSSR count). The number of hydrogen-bond donors (Lipinski definition) is 1. The number of rotatable bonds is 2. The quantitative estimate of drug-likeness (QED) is 0.899. The monoisotopic (exact) mass is 352 g/mol. The number of halogens is 1. The summed E-state index contributed by atoms with van der Waals surface area (Å²) in [6.45, 7) is 2.93. The van der Waals surface area contributed by atoms with Gasteiger partial charge >= 0.3 is 5.97 Å². The number of ether oxygens (including phenoxy) is 2. The number of carboxylic acid groups (broad SMARTS) is 1. The summed E-state index contributed by atoms with van der Waals surface area (Å²) in [4.78, 5) is 11.1. The topological polar surface area (TPSA) is 73.6 Å². The predicted octanol–water partition coefficient (Wildman–Crippen LogP) is 2.63. The summed E-state index contributed by atoms with van der Waals surface area (Å²) in [6, 6.07) is 3.44. The average molecular weight is 353 g/mol. The SMILES string of the molecule is Cc1c(-c2cc(C(=O)O)nn2C)cc(Br)c2c1OCCO2. The first-order chi connectivity index (χ1) is 9.99. The zero-order valence-electron chi connectivity index (χ0n) is 11.5. The summed E-state index contributed by atoms with van der Waals surface area (Å²) in [7, 11) is 1.71. The molecule has 110 valence electrons. The van der Waals surface area contributed by atoms with Gasteiger partial charge in [0.15, 0.2) is 17.2 Å². The molecule has 21 heavy (non-hydrogen) atoms. The van der Waals surface area contributed by atoms with Crippen molar-refractivity contribution in [3.63, 3.8) is 0 Å². The van der Waals surface area contributed by atoms with Gasteiger partial charge in [-0.25, -0.2) is 4.79 Å². The Labute approximate surface area is 129 Å². The van der Waals surface area contributed by atoms with E-state index in [2.05, 4.69) is 21.0 Å². The van der Waals surface area contributed by atoms with Crippen molar-refractivity contribution in [1.29, 1.82) is 0 Å². The van der Waals surface area contributed by atoms with Crippen LogP contribution in [0.15, 0.2) is 16.6 Å². The maximum Gasteiger partial charge on any atom is 0.356 e. The summed E-state index contributed by atoms with van der Waals surface area (Å²) in [5, 5.41) is 13.1. The molecule has 2 aromatic rings. The fourth-order valence-electron chi connectivity index (χ4n) is 2.39. The van der Waals surface area contributed by atoms with Gasteiger partial charge in [0.2, 0.25) is 0 Å². The third-order valence-electron chi connectivity index (χ3n) is 3.39. The van der Waals surface area contributed by atoms with Crippen LogP contribution in [0.5, 0.6) is 11.5 Å². The molecule has 6 nitrogen and oxygen atoms in total. The number of fused-ring (bicyclic) bond motifs is 1. The van der Waals surface area contributed by atoms with Gasteiger partial charge in [0.05, 0.1) is 10.2 Å². The number of hydrogen-bond acceptors (Lipinski definition) is 4. The van der Waals surface area contributed by atoms with E-state index in [1.54, 1.807) is 17.8 Å². The van der Waals surface area contributed by atoms with E-state index in [-0.39, 0.29) is 5.69 Å². The van der Waals surface area contributed by atoms with Crippen molar-refractivity contribution in [2.24, 2.45) is 7.05 Å². The first-order valence-electron chi connectivity index (χ1n) is 6.35. The second-order valence-corrected chi connectivity index (χ2v) is 5.58. The smallest absolute Gasteiger partial charge is 0.356 e. The Balaban J connectivity index is 2.19. The minimum atomic E-state index is -1.05. The highest BCUT2D eigenvalue weighted by Crippen LogP contribution is 2.44. The van der Waals surface area contributed by atoms with Gasteiger partial charge in [-0.2, -0.15) is 5.10 Å². The number of aryl methyl sites for hydroxylation is 1. The zero-order valence-corrected chi connectivity index (χ0v) is 13.1. The second kappa shape index (κ2) is 5.07. The minimum Gasteiger partial charge on any atom is -0.486 e. The first kappa shape index (κ1) is 13.9. The van der Waals surface area contributed by atoms with Crippen molar-refractivity contribution in [2.45, 2.75) is 6.92 Å². The third kappa shape index (κ3) is 2.27. The second-order valence-electron chi connectivity index (χ2n) is 4.73. The fourth-order valence-corrected chi connectivity index (χ4v) is 2.91. The molecule has 0 spiro atoms. The molecule has 0 atom stereocenters. The summed E-state index contributed by atoms with van der Waals surface area (Å²) in [5.41, 5.74) is 2.47. The number of carboxylic acids is 1. The van der Waals surface area contributed by atoms with Crippen LogP contribution in [0.25, 0.3) is 11.3 Å². The molecule has 1 aromatic carbocycles. The van der Waals surface area contributed by atoms with E-state index < -0.39 is 5.97 Å². The molecule has 0 saturated carbocycles. The van der Waals surface area contributed by atoms with Crippen molar-refractivity contribution < 1.29 is 19.4 Å². The van der Waals surface area contributed by atoms with E-state index in [1.165, 1.54) is 0 Å². The molecule has 0 saturated heterocycles. The molecule has 0 radical (unpaired) electrons. The van der Waals surface area contributed by atoms with Crippen LogP contribution < -0.4 is 9.47 Å². The zero-order chi connectivity index (χ0) is 15.1. The van der Waals surface area contributed by atoms with Crippen LogP contribution >= 0.6 is 15.9 Å². The van der Waals surface area contributed by atoms with Gasteiger partial charge < -0.3 is 14.6 Å². The van der Waals surface area contributed by atoms with E-state index in [1.807, 2.05) is 13.0 Å². The summed E-state index contributed by atoms with van der Waals surface area (Å²) in [6.07, 6.45) is 0. The molecule has 2 heterocycles. The maximum atomic E-state index is 11.1. The van der Waals surface area contributed by atoms with Crippen molar-refractivity contribution in [1.82, 2.24) is 9.78 Å². The van der Waals surface area contributed by atoms with Crippen molar-refractivity contribution in [3.8, 4) is 22.8 Å². The number of benzene rings is 1. The molecule has 7 heteroatoms. The molecule has 1 aliphatic heterocycles. The largest absolute Gasteiger partial charge is 0.486 e. The molecule has 0 unspecified atom stereocenters. The summed E-state index contributed by atoms with van der Waals surface area (Å²) >= 11 is 3.47. The average Bonchev–Trinajstić information content (AvgIpc) is 2.85. The van der Waals surface area contributed by atoms with Crippen LogP contribution in [0.1, 0.15) is 16.1 Å². The lowest BCUT2D eigenvalue weighted by molar-refractivity contribution is 0.0689. The Morgan fingerprint density at radius 1 is 1.33 bits per heavy atom. The lowest BCUT2D eigenvalue weighted by atomic mass is 10.0. The Morgan fingerprint density at radius 2 is 2.00 bits per heavy atom. The van der Waals surface area contributed by atoms with Gasteiger partial charge in [0, 0.05) is 18.2 Å². The molecule has 1 aromatic heterocycles. The van der Waals surface area contributed by atoms with Crippen molar-refractivity contribution in [3.05, 3.63) is 27.9 Å². The molecule has 0 bridgehead atoms. The maximum absolute atomic E-state index is 11.1. The van der Waals surface area contributed by atoms with E-state index in [9.17, 15) is 4.79 Å². The van der Waals surface area contributed by atoms with Crippen LogP contribution in [-0.2, 0) is 7.05 Å². The lowest BCUT2D eigenvalue weighted by Crippen LogP contribution is -2.17. The van der Waals surface area contributed by atoms with E-state index in [0.29, 0.717) is 30.4 Å². The van der Waals surface area contributed by atoms with Crippen LogP contribution in [0, 0.1) is 6.92 Å². The first-order valence-corrected chi connectivity index (χ1v) is 7.14. The molecular formula is C14H13BrN2O4. The minimum absolute atomic E-state index is 0.0120. The summed E-state index contributed by atoms with van der Waals surface area (Å²) < 4.78 is 13.6. The molecular weight excluding hydrogens is 340 g/mol. The van der Waals surface area contributed by atoms with Crippen LogP contribution in [0.3, 0.4) is 0 Å². The lowest BCUT2D eigenvalue weighted by Gasteiger charge is -2.23. The Kier molecular flexibility index (Phi) is 3.36. The molecule has 0 amide bonds. The highest BCUT2D eigenvalue weighted by molar-refractivity contribution is 9.10. The number of aromatic carboxylic acids is 1. The number of nitrogens with zero attached hydrogens (tertiary/aromatic N) is 2. The number of aromatic nitrogens is 2. The third-order valence-corrected chi connectivity index (χ3v) is 3.98. The molecule has 0 aliphatic carbocycles. The van der Waals surface area contributed by atoms with Crippen molar-refractivity contribution in [2.75, 3.05) is 13.2 Å².